The first-order valence-electron chi connectivity index (χ1n) is 24.1. The molecule has 0 fully saturated rings. The topological polar surface area (TPSA) is 78.9 Å². The number of esters is 3. The van der Waals surface area contributed by atoms with Gasteiger partial charge in [-0.15, -0.1) is 0 Å². The SMILES string of the molecule is CC/C=C\C/C=C\C/C=C\CCCCCCCC(=O)OCC(COC(=O)CCCCCCC/C=C\C/C=C\CCC)OC(=O)CCCCCCC/C=C\C/C=C\CCC. The number of unbranched alkanes of at least 4 members (excludes halogenated alkanes) is 17. The molecule has 0 spiro atoms. The number of hydrogen-bond acceptors (Lipinski definition) is 6. The molecule has 0 aliphatic carbocycles. The summed E-state index contributed by atoms with van der Waals surface area (Å²) < 4.78 is 16.7. The molecule has 6 heteroatoms. The van der Waals surface area contributed by atoms with Crippen molar-refractivity contribution in [1.82, 2.24) is 0 Å². The highest BCUT2D eigenvalue weighted by Crippen LogP contribution is 2.13. The highest BCUT2D eigenvalue weighted by atomic mass is 16.6. The maximum Gasteiger partial charge on any atom is 0.306 e. The third kappa shape index (κ3) is 45.5. The largest absolute Gasteiger partial charge is 0.462 e. The lowest BCUT2D eigenvalue weighted by Gasteiger charge is -2.18. The van der Waals surface area contributed by atoms with Crippen LogP contribution in [0.1, 0.15) is 213 Å². The molecule has 0 amide bonds. The molecule has 1 unspecified atom stereocenters. The van der Waals surface area contributed by atoms with Gasteiger partial charge in [0.1, 0.15) is 13.2 Å². The van der Waals surface area contributed by atoms with Crippen LogP contribution in [0.3, 0.4) is 0 Å². The summed E-state index contributed by atoms with van der Waals surface area (Å²) in [6, 6.07) is 0. The normalized spacial score (nSPS) is 12.8. The van der Waals surface area contributed by atoms with Gasteiger partial charge in [0.2, 0.25) is 0 Å². The van der Waals surface area contributed by atoms with Crippen LogP contribution in [0.25, 0.3) is 0 Å². The van der Waals surface area contributed by atoms with Gasteiger partial charge in [0.25, 0.3) is 0 Å². The van der Waals surface area contributed by atoms with E-state index >= 15 is 0 Å². The minimum Gasteiger partial charge on any atom is -0.462 e. The third-order valence-corrected chi connectivity index (χ3v) is 9.82. The van der Waals surface area contributed by atoms with Crippen molar-refractivity contribution < 1.29 is 28.6 Å². The van der Waals surface area contributed by atoms with Gasteiger partial charge in [-0.25, -0.2) is 0 Å². The Morgan fingerprint density at radius 1 is 0.356 bits per heavy atom. The first kappa shape index (κ1) is 55.6. The Kier molecular flexibility index (Phi) is 44.5. The summed E-state index contributed by atoms with van der Waals surface area (Å²) in [5, 5.41) is 0. The Labute approximate surface area is 363 Å². The standard InChI is InChI=1S/C53H88O6/c1-4-7-10-13-16-19-22-25-26-29-31-34-37-40-43-46-52(55)58-49-50(59-53(56)47-44-41-38-35-32-28-24-21-18-15-12-9-6-3)48-57-51(54)45-42-39-36-33-30-27-23-20-17-14-11-8-5-2/h7,10-12,14-16,19-21,23-26,50H,4-6,8-9,13,17-18,22,27-49H2,1-3H3/b10-7-,14-11-,15-12-,19-16-,23-20-,24-21-,26-25-. The molecule has 59 heavy (non-hydrogen) atoms. The lowest BCUT2D eigenvalue weighted by Crippen LogP contribution is -2.30. The van der Waals surface area contributed by atoms with E-state index in [9.17, 15) is 14.4 Å². The molecular formula is C53H88O6. The van der Waals surface area contributed by atoms with Crippen molar-refractivity contribution in [2.45, 2.75) is 219 Å². The number of ether oxygens (including phenoxy) is 3. The van der Waals surface area contributed by atoms with Crippen molar-refractivity contribution in [2.75, 3.05) is 13.2 Å². The number of allylic oxidation sites excluding steroid dienone is 14. The molecule has 0 aromatic rings. The fourth-order valence-electron chi connectivity index (χ4n) is 6.24. The Morgan fingerprint density at radius 3 is 1.03 bits per heavy atom. The van der Waals surface area contributed by atoms with Crippen molar-refractivity contribution in [3.63, 3.8) is 0 Å². The first-order valence-corrected chi connectivity index (χ1v) is 24.1. The van der Waals surface area contributed by atoms with Crippen molar-refractivity contribution in [3.8, 4) is 0 Å². The lowest BCUT2D eigenvalue weighted by atomic mass is 10.1. The summed E-state index contributed by atoms with van der Waals surface area (Å²) >= 11 is 0. The predicted octanol–water partition coefficient (Wildman–Crippen LogP) is 15.6. The fraction of sp³-hybridized carbons (Fsp3) is 0.679. The zero-order valence-corrected chi connectivity index (χ0v) is 38.2. The van der Waals surface area contributed by atoms with Crippen molar-refractivity contribution in [3.05, 3.63) is 85.1 Å². The summed E-state index contributed by atoms with van der Waals surface area (Å²) in [6.45, 7) is 6.34. The van der Waals surface area contributed by atoms with Gasteiger partial charge in [-0.05, 0) is 103 Å². The Bertz CT molecular complexity index is 1170. The smallest absolute Gasteiger partial charge is 0.306 e. The van der Waals surface area contributed by atoms with E-state index in [2.05, 4.69) is 106 Å². The van der Waals surface area contributed by atoms with Gasteiger partial charge in [0.15, 0.2) is 6.10 Å². The van der Waals surface area contributed by atoms with Gasteiger partial charge in [-0.2, -0.15) is 0 Å². The molecule has 0 saturated heterocycles. The fourth-order valence-corrected chi connectivity index (χ4v) is 6.24. The summed E-state index contributed by atoms with van der Waals surface area (Å²) in [5.74, 6) is -0.946. The Morgan fingerprint density at radius 2 is 0.661 bits per heavy atom. The molecule has 0 aromatic heterocycles. The molecule has 0 rings (SSSR count). The van der Waals surface area contributed by atoms with Crippen molar-refractivity contribution in [1.29, 1.82) is 0 Å². The molecule has 0 aliphatic rings. The van der Waals surface area contributed by atoms with Crippen LogP contribution in [-0.2, 0) is 28.6 Å². The van der Waals surface area contributed by atoms with Gasteiger partial charge >= 0.3 is 17.9 Å². The van der Waals surface area contributed by atoms with Crippen LogP contribution in [0.15, 0.2) is 85.1 Å². The van der Waals surface area contributed by atoms with E-state index in [0.717, 1.165) is 161 Å². The Hall–Kier alpha value is -3.41. The monoisotopic (exact) mass is 821 g/mol. The van der Waals surface area contributed by atoms with E-state index in [0.29, 0.717) is 19.3 Å². The zero-order chi connectivity index (χ0) is 43.0. The van der Waals surface area contributed by atoms with Crippen LogP contribution < -0.4 is 0 Å². The van der Waals surface area contributed by atoms with Gasteiger partial charge in [-0.3, -0.25) is 14.4 Å². The van der Waals surface area contributed by atoms with Crippen LogP contribution in [0.4, 0.5) is 0 Å². The van der Waals surface area contributed by atoms with E-state index < -0.39 is 6.10 Å². The molecule has 0 aromatic carbocycles. The highest BCUT2D eigenvalue weighted by molar-refractivity contribution is 5.71. The lowest BCUT2D eigenvalue weighted by molar-refractivity contribution is -0.167. The van der Waals surface area contributed by atoms with E-state index in [4.69, 9.17) is 14.2 Å². The third-order valence-electron chi connectivity index (χ3n) is 9.82. The Balaban J connectivity index is 4.46. The number of carbonyl (C=O) groups is 3. The molecule has 0 saturated carbocycles. The summed E-state index contributed by atoms with van der Waals surface area (Å²) in [5.41, 5.74) is 0. The highest BCUT2D eigenvalue weighted by Gasteiger charge is 2.19. The number of hydrogen-bond donors (Lipinski definition) is 0. The molecule has 0 N–H and O–H groups in total. The van der Waals surface area contributed by atoms with Crippen LogP contribution >= 0.6 is 0 Å². The average molecular weight is 821 g/mol. The molecule has 0 heterocycles. The second-order valence-corrected chi connectivity index (χ2v) is 15.6. The maximum absolute atomic E-state index is 12.7. The van der Waals surface area contributed by atoms with Gasteiger partial charge in [0, 0.05) is 19.3 Å². The summed E-state index contributed by atoms with van der Waals surface area (Å²) in [7, 11) is 0. The van der Waals surface area contributed by atoms with Gasteiger partial charge in [-0.1, -0.05) is 176 Å². The van der Waals surface area contributed by atoms with Crippen LogP contribution in [0.2, 0.25) is 0 Å². The average Bonchev–Trinajstić information content (AvgIpc) is 3.23. The molecule has 0 radical (unpaired) electrons. The van der Waals surface area contributed by atoms with Crippen molar-refractivity contribution in [2.24, 2.45) is 0 Å². The van der Waals surface area contributed by atoms with Crippen LogP contribution in [0.5, 0.6) is 0 Å². The van der Waals surface area contributed by atoms with E-state index in [1.54, 1.807) is 0 Å². The number of carbonyl (C=O) groups excluding carboxylic acids is 3. The quantitative estimate of drug-likeness (QED) is 0.0264. The first-order chi connectivity index (χ1) is 29.0. The summed E-state index contributed by atoms with van der Waals surface area (Å²) in [4.78, 5) is 37.9. The van der Waals surface area contributed by atoms with E-state index in [-0.39, 0.29) is 31.1 Å². The maximum atomic E-state index is 12.7. The molecule has 336 valence electrons. The van der Waals surface area contributed by atoms with Gasteiger partial charge in [0.05, 0.1) is 0 Å². The van der Waals surface area contributed by atoms with Crippen LogP contribution in [-0.4, -0.2) is 37.2 Å². The second kappa shape index (κ2) is 47.3. The predicted molar refractivity (Wildman–Crippen MR) is 251 cm³/mol. The minimum absolute atomic E-state index is 0.0965. The van der Waals surface area contributed by atoms with Crippen LogP contribution in [0, 0.1) is 0 Å². The molecular weight excluding hydrogens is 733 g/mol. The number of rotatable bonds is 42. The van der Waals surface area contributed by atoms with Gasteiger partial charge < -0.3 is 14.2 Å². The van der Waals surface area contributed by atoms with E-state index in [1.807, 2.05) is 0 Å². The van der Waals surface area contributed by atoms with Crippen molar-refractivity contribution >= 4 is 17.9 Å². The minimum atomic E-state index is -0.796. The zero-order valence-electron chi connectivity index (χ0n) is 38.2. The molecule has 1 atom stereocenters. The summed E-state index contributed by atoms with van der Waals surface area (Å²) in [6.07, 6.45) is 59.9. The second-order valence-electron chi connectivity index (χ2n) is 15.6. The molecule has 0 aliphatic heterocycles. The van der Waals surface area contributed by atoms with E-state index in [1.165, 1.54) is 12.8 Å². The molecule has 6 nitrogen and oxygen atoms in total. The molecule has 0 bridgehead atoms.